The fourth-order valence-electron chi connectivity index (χ4n) is 3.34. The molecule has 4 aromatic rings. The van der Waals surface area contributed by atoms with Crippen molar-refractivity contribution in [3.05, 3.63) is 95.8 Å². The van der Waals surface area contributed by atoms with Gasteiger partial charge in [0.2, 0.25) is 17.6 Å². The highest BCUT2D eigenvalue weighted by molar-refractivity contribution is 5.77. The highest BCUT2D eigenvalue weighted by Crippen LogP contribution is 2.31. The minimum absolute atomic E-state index is 0.0428. The first-order chi connectivity index (χ1) is 16.9. The van der Waals surface area contributed by atoms with E-state index >= 15 is 0 Å². The minimum Gasteiger partial charge on any atom is -0.467 e. The molecule has 182 valence electrons. The van der Waals surface area contributed by atoms with Crippen LogP contribution in [-0.2, 0) is 35.3 Å². The Balaban J connectivity index is 1.39. The van der Waals surface area contributed by atoms with E-state index in [1.54, 1.807) is 12.1 Å². The molecule has 0 aliphatic carbocycles. The van der Waals surface area contributed by atoms with Crippen molar-refractivity contribution in [1.82, 2.24) is 15.0 Å². The van der Waals surface area contributed by atoms with Gasteiger partial charge in [0, 0.05) is 18.5 Å². The lowest BCUT2D eigenvalue weighted by Gasteiger charge is -2.21. The SMILES string of the molecule is O=C(COCc1ccccc1)N(CCc1nc(-c2cccc(C(F)(F)F)c2)no1)Cc1ccco1. The van der Waals surface area contributed by atoms with E-state index in [4.69, 9.17) is 13.7 Å². The molecule has 0 fully saturated rings. The Morgan fingerprint density at radius 3 is 2.60 bits per heavy atom. The van der Waals surface area contributed by atoms with E-state index in [1.807, 2.05) is 30.3 Å². The van der Waals surface area contributed by atoms with Crippen molar-refractivity contribution in [3.8, 4) is 11.4 Å². The molecule has 35 heavy (non-hydrogen) atoms. The molecule has 2 aromatic carbocycles. The van der Waals surface area contributed by atoms with E-state index in [2.05, 4.69) is 10.1 Å². The third kappa shape index (κ3) is 6.80. The number of alkyl halides is 3. The van der Waals surface area contributed by atoms with Gasteiger partial charge < -0.3 is 18.6 Å². The third-order valence-electron chi connectivity index (χ3n) is 5.13. The smallest absolute Gasteiger partial charge is 0.416 e. The summed E-state index contributed by atoms with van der Waals surface area (Å²) in [7, 11) is 0. The molecular weight excluding hydrogens is 463 g/mol. The first kappa shape index (κ1) is 24.2. The molecule has 0 aliphatic rings. The van der Waals surface area contributed by atoms with Crippen molar-refractivity contribution in [2.75, 3.05) is 13.2 Å². The van der Waals surface area contributed by atoms with E-state index in [1.165, 1.54) is 23.3 Å². The van der Waals surface area contributed by atoms with Crippen LogP contribution in [0.5, 0.6) is 0 Å². The van der Waals surface area contributed by atoms with Crippen LogP contribution in [0.15, 0.2) is 81.9 Å². The first-order valence-electron chi connectivity index (χ1n) is 10.8. The number of rotatable bonds is 10. The second-order valence-electron chi connectivity index (χ2n) is 7.71. The minimum atomic E-state index is -4.47. The predicted octanol–water partition coefficient (Wildman–Crippen LogP) is 5.14. The fraction of sp³-hybridized carbons (Fsp3) is 0.240. The van der Waals surface area contributed by atoms with Crippen LogP contribution in [0.3, 0.4) is 0 Å². The first-order valence-corrected chi connectivity index (χ1v) is 10.8. The largest absolute Gasteiger partial charge is 0.467 e. The maximum atomic E-state index is 13.0. The number of ether oxygens (including phenoxy) is 1. The molecule has 2 heterocycles. The van der Waals surface area contributed by atoms with Gasteiger partial charge in [-0.05, 0) is 29.8 Å². The lowest BCUT2D eigenvalue weighted by Crippen LogP contribution is -2.35. The van der Waals surface area contributed by atoms with Crippen LogP contribution in [0.4, 0.5) is 13.2 Å². The number of carbonyl (C=O) groups is 1. The van der Waals surface area contributed by atoms with Crippen molar-refractivity contribution >= 4 is 5.91 Å². The summed E-state index contributed by atoms with van der Waals surface area (Å²) >= 11 is 0. The number of carbonyl (C=O) groups excluding carboxylic acids is 1. The molecule has 0 aliphatic heterocycles. The van der Waals surface area contributed by atoms with Gasteiger partial charge in [-0.2, -0.15) is 18.2 Å². The summed E-state index contributed by atoms with van der Waals surface area (Å²) in [4.78, 5) is 18.6. The molecule has 0 saturated heterocycles. The van der Waals surface area contributed by atoms with Gasteiger partial charge in [-0.3, -0.25) is 4.79 Å². The molecule has 0 unspecified atom stereocenters. The Morgan fingerprint density at radius 2 is 1.86 bits per heavy atom. The Labute approximate surface area is 199 Å². The van der Waals surface area contributed by atoms with E-state index in [9.17, 15) is 18.0 Å². The van der Waals surface area contributed by atoms with Crippen molar-refractivity contribution in [3.63, 3.8) is 0 Å². The number of halogens is 3. The van der Waals surface area contributed by atoms with Crippen LogP contribution in [0.1, 0.15) is 22.8 Å². The zero-order chi connectivity index (χ0) is 24.7. The van der Waals surface area contributed by atoms with Crippen LogP contribution < -0.4 is 0 Å². The van der Waals surface area contributed by atoms with Gasteiger partial charge in [0.05, 0.1) is 25.0 Å². The van der Waals surface area contributed by atoms with Crippen molar-refractivity contribution in [2.45, 2.75) is 25.7 Å². The van der Waals surface area contributed by atoms with E-state index in [-0.39, 0.29) is 49.3 Å². The lowest BCUT2D eigenvalue weighted by molar-refractivity contribution is -0.138. The third-order valence-corrected chi connectivity index (χ3v) is 5.13. The number of benzene rings is 2. The number of hydrogen-bond acceptors (Lipinski definition) is 6. The molecule has 4 rings (SSSR count). The van der Waals surface area contributed by atoms with Crippen molar-refractivity contribution < 1.29 is 31.6 Å². The molecule has 7 nitrogen and oxygen atoms in total. The summed E-state index contributed by atoms with van der Waals surface area (Å²) in [6.07, 6.45) is -2.75. The average molecular weight is 485 g/mol. The summed E-state index contributed by atoms with van der Waals surface area (Å²) in [6, 6.07) is 17.7. The summed E-state index contributed by atoms with van der Waals surface area (Å²) in [6.45, 7) is 0.605. The topological polar surface area (TPSA) is 81.6 Å². The normalized spacial score (nSPS) is 11.5. The highest BCUT2D eigenvalue weighted by Gasteiger charge is 2.30. The van der Waals surface area contributed by atoms with Crippen LogP contribution in [0.2, 0.25) is 0 Å². The number of furan rings is 1. The summed E-state index contributed by atoms with van der Waals surface area (Å²) < 4.78 is 55.1. The van der Waals surface area contributed by atoms with Crippen LogP contribution in [0.25, 0.3) is 11.4 Å². The molecule has 0 radical (unpaired) electrons. The Kier molecular flexibility index (Phi) is 7.61. The van der Waals surface area contributed by atoms with Gasteiger partial charge in [-0.15, -0.1) is 0 Å². The van der Waals surface area contributed by atoms with Gasteiger partial charge >= 0.3 is 6.18 Å². The molecular formula is C25H22F3N3O4. The molecule has 0 N–H and O–H groups in total. The monoisotopic (exact) mass is 485 g/mol. The van der Waals surface area contributed by atoms with Gasteiger partial charge in [0.15, 0.2) is 0 Å². The highest BCUT2D eigenvalue weighted by atomic mass is 19.4. The maximum Gasteiger partial charge on any atom is 0.416 e. The predicted molar refractivity (Wildman–Crippen MR) is 119 cm³/mol. The molecule has 0 bridgehead atoms. The van der Waals surface area contributed by atoms with Crippen LogP contribution >= 0.6 is 0 Å². The Bertz CT molecular complexity index is 1220. The van der Waals surface area contributed by atoms with Gasteiger partial charge in [-0.1, -0.05) is 47.6 Å². The molecule has 1 amide bonds. The zero-order valence-electron chi connectivity index (χ0n) is 18.6. The Morgan fingerprint density at radius 1 is 1.03 bits per heavy atom. The Hall–Kier alpha value is -3.92. The van der Waals surface area contributed by atoms with Crippen molar-refractivity contribution in [2.24, 2.45) is 0 Å². The van der Waals surface area contributed by atoms with Crippen LogP contribution in [0, 0.1) is 0 Å². The summed E-state index contributed by atoms with van der Waals surface area (Å²) in [5.74, 6) is 0.576. The molecule has 0 saturated carbocycles. The average Bonchev–Trinajstić information content (AvgIpc) is 3.54. The molecule has 10 heteroatoms. The number of aromatic nitrogens is 2. The molecule has 0 atom stereocenters. The van der Waals surface area contributed by atoms with E-state index in [0.29, 0.717) is 12.4 Å². The van der Waals surface area contributed by atoms with Gasteiger partial charge in [0.25, 0.3) is 0 Å². The standard InChI is InChI=1S/C25H22F3N3O4/c26-25(27,28)20-9-4-8-19(14-20)24-29-22(35-30-24)11-12-31(15-21-10-5-13-34-21)23(32)17-33-16-18-6-2-1-3-7-18/h1-10,13-14H,11-12,15-17H2. The summed E-state index contributed by atoms with van der Waals surface area (Å²) in [5, 5.41) is 3.79. The maximum absolute atomic E-state index is 13.0. The number of hydrogen-bond donors (Lipinski definition) is 0. The second-order valence-corrected chi connectivity index (χ2v) is 7.71. The zero-order valence-corrected chi connectivity index (χ0v) is 18.6. The van der Waals surface area contributed by atoms with Crippen molar-refractivity contribution in [1.29, 1.82) is 0 Å². The lowest BCUT2D eigenvalue weighted by atomic mass is 10.1. The second kappa shape index (κ2) is 11.0. The van der Waals surface area contributed by atoms with Gasteiger partial charge in [-0.25, -0.2) is 0 Å². The summed E-state index contributed by atoms with van der Waals surface area (Å²) in [5.41, 5.74) is 0.339. The molecule has 2 aromatic heterocycles. The van der Waals surface area contributed by atoms with E-state index in [0.717, 1.165) is 17.7 Å². The quantitative estimate of drug-likeness (QED) is 0.310. The molecule has 0 spiro atoms. The number of amides is 1. The van der Waals surface area contributed by atoms with Crippen LogP contribution in [-0.4, -0.2) is 34.1 Å². The van der Waals surface area contributed by atoms with Gasteiger partial charge in [0.1, 0.15) is 12.4 Å². The number of nitrogens with zero attached hydrogens (tertiary/aromatic N) is 3. The fourth-order valence-corrected chi connectivity index (χ4v) is 3.34. The van der Waals surface area contributed by atoms with E-state index < -0.39 is 11.7 Å².